The van der Waals surface area contributed by atoms with Crippen LogP contribution in [0.2, 0.25) is 0 Å². The van der Waals surface area contributed by atoms with E-state index in [-0.39, 0.29) is 5.78 Å². The number of hydrogen-bond acceptors (Lipinski definition) is 3. The van der Waals surface area contributed by atoms with Crippen LogP contribution >= 0.6 is 0 Å². The van der Waals surface area contributed by atoms with Gasteiger partial charge >= 0.3 is 0 Å². The molecule has 0 fully saturated rings. The number of nitrogen functional groups attached to an aromatic ring is 1. The van der Waals surface area contributed by atoms with E-state index in [1.807, 2.05) is 24.3 Å². The molecule has 2 aromatic rings. The predicted octanol–water partition coefficient (Wildman–Crippen LogP) is 3.09. The van der Waals surface area contributed by atoms with E-state index < -0.39 is 0 Å². The third-order valence-electron chi connectivity index (χ3n) is 3.03. The van der Waals surface area contributed by atoms with E-state index >= 15 is 0 Å². The van der Waals surface area contributed by atoms with Gasteiger partial charge in [-0.1, -0.05) is 12.1 Å². The van der Waals surface area contributed by atoms with Crippen LogP contribution in [0, 0.1) is 0 Å². The monoisotopic (exact) mass is 255 g/mol. The number of Topliss-reactive ketones (excluding diaryl/α,β-unsaturated/α-hetero) is 1. The molecule has 2 aromatic carbocycles. The van der Waals surface area contributed by atoms with Gasteiger partial charge in [0.1, 0.15) is 5.75 Å². The Bertz CT molecular complexity index is 544. The number of methoxy groups -OCH3 is 1. The fourth-order valence-corrected chi connectivity index (χ4v) is 1.86. The van der Waals surface area contributed by atoms with Gasteiger partial charge in [0.05, 0.1) is 7.11 Å². The topological polar surface area (TPSA) is 52.3 Å². The predicted molar refractivity (Wildman–Crippen MR) is 76.5 cm³/mol. The lowest BCUT2D eigenvalue weighted by Gasteiger charge is -2.04. The molecule has 0 amide bonds. The molecule has 0 atom stereocenters. The van der Waals surface area contributed by atoms with Gasteiger partial charge in [0, 0.05) is 17.7 Å². The second kappa shape index (κ2) is 6.05. The molecule has 0 aliphatic rings. The molecular formula is C16H17NO2. The van der Waals surface area contributed by atoms with Crippen LogP contribution in [0.1, 0.15) is 22.3 Å². The summed E-state index contributed by atoms with van der Waals surface area (Å²) in [5.41, 5.74) is 8.20. The highest BCUT2D eigenvalue weighted by molar-refractivity contribution is 5.96. The smallest absolute Gasteiger partial charge is 0.163 e. The summed E-state index contributed by atoms with van der Waals surface area (Å²) in [6.45, 7) is 0. The number of ether oxygens (including phenoxy) is 1. The number of anilines is 1. The zero-order valence-corrected chi connectivity index (χ0v) is 10.9. The lowest BCUT2D eigenvalue weighted by atomic mass is 10.0. The van der Waals surface area contributed by atoms with Crippen molar-refractivity contribution in [3.63, 3.8) is 0 Å². The standard InChI is InChI=1S/C16H17NO2/c1-19-15-9-5-13(6-10-15)16(18)11-4-12-2-7-14(17)8-3-12/h2-3,5-10H,4,11,17H2,1H3. The molecule has 0 radical (unpaired) electrons. The van der Waals surface area contributed by atoms with E-state index in [4.69, 9.17) is 10.5 Å². The average molecular weight is 255 g/mol. The molecule has 0 saturated carbocycles. The van der Waals surface area contributed by atoms with E-state index in [0.717, 1.165) is 29.0 Å². The number of aryl methyl sites for hydroxylation is 1. The summed E-state index contributed by atoms with van der Waals surface area (Å²) in [6, 6.07) is 14.8. The zero-order chi connectivity index (χ0) is 13.7. The lowest BCUT2D eigenvalue weighted by molar-refractivity contribution is 0.0983. The Hall–Kier alpha value is -2.29. The summed E-state index contributed by atoms with van der Waals surface area (Å²) in [5, 5.41) is 0. The normalized spacial score (nSPS) is 10.2. The number of benzene rings is 2. The van der Waals surface area contributed by atoms with Gasteiger partial charge in [-0.2, -0.15) is 0 Å². The van der Waals surface area contributed by atoms with Crippen LogP contribution in [0.15, 0.2) is 48.5 Å². The van der Waals surface area contributed by atoms with Crippen molar-refractivity contribution in [2.24, 2.45) is 0 Å². The van der Waals surface area contributed by atoms with Gasteiger partial charge in [-0.05, 0) is 48.4 Å². The molecule has 3 nitrogen and oxygen atoms in total. The molecular weight excluding hydrogens is 238 g/mol. The number of carbonyl (C=O) groups is 1. The Balaban J connectivity index is 1.95. The average Bonchev–Trinajstić information content (AvgIpc) is 2.46. The van der Waals surface area contributed by atoms with Crippen LogP contribution in [0.25, 0.3) is 0 Å². The maximum absolute atomic E-state index is 12.0. The fraction of sp³-hybridized carbons (Fsp3) is 0.188. The van der Waals surface area contributed by atoms with Gasteiger partial charge in [-0.3, -0.25) is 4.79 Å². The minimum atomic E-state index is 0.138. The highest BCUT2D eigenvalue weighted by Gasteiger charge is 2.06. The minimum Gasteiger partial charge on any atom is -0.497 e. The van der Waals surface area contributed by atoms with Crippen molar-refractivity contribution in [2.45, 2.75) is 12.8 Å². The minimum absolute atomic E-state index is 0.138. The molecule has 0 bridgehead atoms. The molecule has 2 N–H and O–H groups in total. The maximum Gasteiger partial charge on any atom is 0.163 e. The summed E-state index contributed by atoms with van der Waals surface area (Å²) in [5.74, 6) is 0.898. The van der Waals surface area contributed by atoms with Crippen molar-refractivity contribution < 1.29 is 9.53 Å². The highest BCUT2D eigenvalue weighted by Crippen LogP contribution is 2.14. The van der Waals surface area contributed by atoms with Crippen molar-refractivity contribution in [1.29, 1.82) is 0 Å². The van der Waals surface area contributed by atoms with Crippen LogP contribution in [0.3, 0.4) is 0 Å². The largest absolute Gasteiger partial charge is 0.497 e. The van der Waals surface area contributed by atoms with Gasteiger partial charge in [-0.15, -0.1) is 0 Å². The maximum atomic E-state index is 12.0. The Morgan fingerprint density at radius 3 is 2.26 bits per heavy atom. The quantitative estimate of drug-likeness (QED) is 0.659. The Morgan fingerprint density at radius 2 is 1.68 bits per heavy atom. The summed E-state index contributed by atoms with van der Waals surface area (Å²) >= 11 is 0. The number of nitrogens with two attached hydrogens (primary N) is 1. The van der Waals surface area contributed by atoms with Crippen molar-refractivity contribution in [2.75, 3.05) is 12.8 Å². The molecule has 0 aliphatic heterocycles. The Kier molecular flexibility index (Phi) is 4.18. The third kappa shape index (κ3) is 3.58. The van der Waals surface area contributed by atoms with Crippen molar-refractivity contribution in [1.82, 2.24) is 0 Å². The lowest BCUT2D eigenvalue weighted by Crippen LogP contribution is -2.01. The first kappa shape index (κ1) is 13.1. The zero-order valence-electron chi connectivity index (χ0n) is 10.9. The number of carbonyl (C=O) groups excluding carboxylic acids is 1. The van der Waals surface area contributed by atoms with Crippen molar-refractivity contribution in [3.8, 4) is 5.75 Å². The number of rotatable bonds is 5. The summed E-state index contributed by atoms with van der Waals surface area (Å²) < 4.78 is 5.07. The van der Waals surface area contributed by atoms with E-state index in [9.17, 15) is 4.79 Å². The molecule has 3 heteroatoms. The molecule has 0 aliphatic carbocycles. The molecule has 0 unspecified atom stereocenters. The SMILES string of the molecule is COc1ccc(C(=O)CCc2ccc(N)cc2)cc1. The van der Waals surface area contributed by atoms with Crippen LogP contribution in [0.4, 0.5) is 5.69 Å². The van der Waals surface area contributed by atoms with Gasteiger partial charge in [0.25, 0.3) is 0 Å². The fourth-order valence-electron chi connectivity index (χ4n) is 1.86. The second-order valence-electron chi connectivity index (χ2n) is 4.39. The van der Waals surface area contributed by atoms with E-state index in [0.29, 0.717) is 6.42 Å². The first-order valence-corrected chi connectivity index (χ1v) is 6.21. The first-order valence-electron chi connectivity index (χ1n) is 6.21. The molecule has 0 saturated heterocycles. The first-order chi connectivity index (χ1) is 9.19. The van der Waals surface area contributed by atoms with E-state index in [1.165, 1.54) is 0 Å². The van der Waals surface area contributed by atoms with Gasteiger partial charge in [-0.25, -0.2) is 0 Å². The molecule has 98 valence electrons. The molecule has 19 heavy (non-hydrogen) atoms. The van der Waals surface area contributed by atoms with Gasteiger partial charge in [0.15, 0.2) is 5.78 Å². The summed E-state index contributed by atoms with van der Waals surface area (Å²) in [6.07, 6.45) is 1.22. The Morgan fingerprint density at radius 1 is 1.05 bits per heavy atom. The molecule has 0 heterocycles. The Labute approximate surface area is 113 Å². The van der Waals surface area contributed by atoms with Gasteiger partial charge < -0.3 is 10.5 Å². The van der Waals surface area contributed by atoms with Crippen LogP contribution in [-0.2, 0) is 6.42 Å². The van der Waals surface area contributed by atoms with Crippen molar-refractivity contribution in [3.05, 3.63) is 59.7 Å². The van der Waals surface area contributed by atoms with Crippen molar-refractivity contribution >= 4 is 11.5 Å². The van der Waals surface area contributed by atoms with E-state index in [2.05, 4.69) is 0 Å². The number of hydrogen-bond donors (Lipinski definition) is 1. The van der Waals surface area contributed by atoms with Crippen LogP contribution in [-0.4, -0.2) is 12.9 Å². The third-order valence-corrected chi connectivity index (χ3v) is 3.03. The molecule has 0 aromatic heterocycles. The van der Waals surface area contributed by atoms with E-state index in [1.54, 1.807) is 31.4 Å². The molecule has 0 spiro atoms. The highest BCUT2D eigenvalue weighted by atomic mass is 16.5. The summed E-state index contributed by atoms with van der Waals surface area (Å²) in [4.78, 5) is 12.0. The van der Waals surface area contributed by atoms with Crippen LogP contribution in [0.5, 0.6) is 5.75 Å². The van der Waals surface area contributed by atoms with Crippen LogP contribution < -0.4 is 10.5 Å². The number of ketones is 1. The summed E-state index contributed by atoms with van der Waals surface area (Å²) in [7, 11) is 1.61. The molecule has 2 rings (SSSR count). The van der Waals surface area contributed by atoms with Gasteiger partial charge in [0.2, 0.25) is 0 Å². The second-order valence-corrected chi connectivity index (χ2v) is 4.39.